The van der Waals surface area contributed by atoms with Crippen LogP contribution in [0.25, 0.3) is 20.8 Å². The first-order valence-electron chi connectivity index (χ1n) is 7.33. The van der Waals surface area contributed by atoms with E-state index in [9.17, 15) is 5.11 Å². The van der Waals surface area contributed by atoms with E-state index in [-0.39, 0.29) is 12.1 Å². The summed E-state index contributed by atoms with van der Waals surface area (Å²) in [7, 11) is 0. The van der Waals surface area contributed by atoms with E-state index in [4.69, 9.17) is 5.73 Å². The van der Waals surface area contributed by atoms with Crippen LogP contribution in [0.5, 0.6) is 0 Å². The van der Waals surface area contributed by atoms with E-state index in [1.54, 1.807) is 17.5 Å². The van der Waals surface area contributed by atoms with E-state index in [1.807, 2.05) is 18.2 Å². The lowest BCUT2D eigenvalue weighted by Gasteiger charge is -2.14. The third kappa shape index (κ3) is 2.42. The van der Waals surface area contributed by atoms with Crippen molar-refractivity contribution in [2.75, 3.05) is 11.1 Å². The molecule has 0 aromatic carbocycles. The van der Waals surface area contributed by atoms with E-state index in [0.717, 1.165) is 45.7 Å². The van der Waals surface area contributed by atoms with Crippen molar-refractivity contribution in [2.24, 2.45) is 0 Å². The number of nitrogen functional groups attached to an aromatic ring is 1. The molecule has 3 aromatic heterocycles. The summed E-state index contributed by atoms with van der Waals surface area (Å²) in [6, 6.07) is 6.13. The topological polar surface area (TPSA) is 99.9 Å². The van der Waals surface area contributed by atoms with Crippen molar-refractivity contribution < 1.29 is 5.11 Å². The maximum atomic E-state index is 9.69. The van der Waals surface area contributed by atoms with Gasteiger partial charge < -0.3 is 16.2 Å². The molecule has 1 saturated carbocycles. The molecule has 1 fully saturated rings. The van der Waals surface area contributed by atoms with Gasteiger partial charge in [0.25, 0.3) is 0 Å². The summed E-state index contributed by atoms with van der Waals surface area (Å²) in [4.78, 5) is 5.50. The van der Waals surface area contributed by atoms with Crippen LogP contribution in [-0.4, -0.2) is 32.4 Å². The average Bonchev–Trinajstić information content (AvgIpc) is 3.18. The second-order valence-electron chi connectivity index (χ2n) is 5.70. The maximum absolute atomic E-state index is 9.69. The molecule has 4 rings (SSSR count). The number of rotatable bonds is 3. The lowest BCUT2D eigenvalue weighted by Crippen LogP contribution is -2.16. The van der Waals surface area contributed by atoms with E-state index >= 15 is 0 Å². The first kappa shape index (κ1) is 13.5. The molecule has 5 N–H and O–H groups in total. The number of aliphatic hydroxyl groups excluding tert-OH is 1. The predicted octanol–water partition coefficient (Wildman–Crippen LogP) is 2.59. The number of aromatic nitrogens is 3. The molecule has 0 unspecified atom stereocenters. The normalized spacial score (nSPS) is 21.5. The second-order valence-corrected chi connectivity index (χ2v) is 6.75. The lowest BCUT2D eigenvalue weighted by atomic mass is 10.2. The minimum Gasteiger partial charge on any atom is -0.393 e. The van der Waals surface area contributed by atoms with Gasteiger partial charge in [0.1, 0.15) is 5.82 Å². The number of aromatic amines is 1. The van der Waals surface area contributed by atoms with E-state index in [1.165, 1.54) is 0 Å². The zero-order chi connectivity index (χ0) is 15.1. The zero-order valence-corrected chi connectivity index (χ0v) is 12.7. The van der Waals surface area contributed by atoms with Crippen molar-refractivity contribution in [2.45, 2.75) is 31.4 Å². The summed E-state index contributed by atoms with van der Waals surface area (Å²) in [5, 5.41) is 20.2. The van der Waals surface area contributed by atoms with Gasteiger partial charge in [-0.25, -0.2) is 4.98 Å². The summed E-state index contributed by atoms with van der Waals surface area (Å²) < 4.78 is 1.08. The summed E-state index contributed by atoms with van der Waals surface area (Å²) >= 11 is 1.66. The van der Waals surface area contributed by atoms with Crippen LogP contribution in [0.15, 0.2) is 24.4 Å². The van der Waals surface area contributed by atoms with Crippen LogP contribution < -0.4 is 11.1 Å². The highest BCUT2D eigenvalue weighted by atomic mass is 32.1. The van der Waals surface area contributed by atoms with Crippen molar-refractivity contribution in [3.05, 3.63) is 24.4 Å². The van der Waals surface area contributed by atoms with Crippen LogP contribution in [0.2, 0.25) is 0 Å². The van der Waals surface area contributed by atoms with Gasteiger partial charge in [0, 0.05) is 18.3 Å². The molecule has 0 aliphatic heterocycles. The van der Waals surface area contributed by atoms with Gasteiger partial charge in [-0.1, -0.05) is 0 Å². The van der Waals surface area contributed by atoms with Gasteiger partial charge in [0.05, 0.1) is 32.6 Å². The summed E-state index contributed by atoms with van der Waals surface area (Å²) in [5.41, 5.74) is 8.80. The number of nitrogens with two attached hydrogens (primary N) is 1. The Morgan fingerprint density at radius 3 is 3.00 bits per heavy atom. The molecule has 0 saturated heterocycles. The van der Waals surface area contributed by atoms with Gasteiger partial charge in [-0.2, -0.15) is 5.10 Å². The molecule has 0 spiro atoms. The Bertz CT molecular complexity index is 798. The van der Waals surface area contributed by atoms with E-state index < -0.39 is 0 Å². The van der Waals surface area contributed by atoms with Crippen molar-refractivity contribution in [1.82, 2.24) is 15.2 Å². The Kier molecular flexibility index (Phi) is 3.24. The van der Waals surface area contributed by atoms with Crippen molar-refractivity contribution >= 4 is 33.1 Å². The third-order valence-corrected chi connectivity index (χ3v) is 5.22. The van der Waals surface area contributed by atoms with Gasteiger partial charge in [-0.15, -0.1) is 11.3 Å². The number of nitrogens with zero attached hydrogens (tertiary/aromatic N) is 2. The molecule has 0 amide bonds. The minimum atomic E-state index is -0.198. The smallest absolute Gasteiger partial charge is 0.126 e. The number of thiophene rings is 1. The molecule has 3 heterocycles. The highest BCUT2D eigenvalue weighted by molar-refractivity contribution is 7.22. The third-order valence-electron chi connectivity index (χ3n) is 4.03. The van der Waals surface area contributed by atoms with Gasteiger partial charge in [-0.05, 0) is 31.4 Å². The molecular weight excluding hydrogens is 298 g/mol. The monoisotopic (exact) mass is 315 g/mol. The fraction of sp³-hybridized carbons (Fsp3) is 0.333. The standard InChI is InChI=1S/C15H17N5OS/c16-14-7-12(18-8-1-2-9(21)5-8)15-11(19-14)6-13(22-15)10-3-4-17-20-10/h3-4,6-9,21H,1-2,5H2,(H,17,20)(H3,16,18,19)/t8-,9-/m1/s1. The summed E-state index contributed by atoms with van der Waals surface area (Å²) in [6.45, 7) is 0. The number of hydrogen-bond donors (Lipinski definition) is 4. The molecule has 7 heteroatoms. The number of nitrogens with one attached hydrogen (secondary N) is 2. The quantitative estimate of drug-likeness (QED) is 0.595. The molecule has 3 aromatic rings. The Balaban J connectivity index is 1.73. The summed E-state index contributed by atoms with van der Waals surface area (Å²) in [5.74, 6) is 0.502. The molecular formula is C15H17N5OS. The summed E-state index contributed by atoms with van der Waals surface area (Å²) in [6.07, 6.45) is 4.15. The molecule has 6 nitrogen and oxygen atoms in total. The fourth-order valence-electron chi connectivity index (χ4n) is 2.98. The first-order chi connectivity index (χ1) is 10.7. The number of pyridine rings is 1. The van der Waals surface area contributed by atoms with Gasteiger partial charge >= 0.3 is 0 Å². The Morgan fingerprint density at radius 2 is 2.27 bits per heavy atom. The molecule has 0 radical (unpaired) electrons. The van der Waals surface area contributed by atoms with Crippen LogP contribution in [0.1, 0.15) is 19.3 Å². The molecule has 2 atom stereocenters. The highest BCUT2D eigenvalue weighted by Gasteiger charge is 2.23. The largest absolute Gasteiger partial charge is 0.393 e. The Morgan fingerprint density at radius 1 is 1.36 bits per heavy atom. The van der Waals surface area contributed by atoms with Gasteiger partial charge in [0.2, 0.25) is 0 Å². The number of H-pyrrole nitrogens is 1. The van der Waals surface area contributed by atoms with Crippen LogP contribution in [0, 0.1) is 0 Å². The Labute approximate surface area is 131 Å². The maximum Gasteiger partial charge on any atom is 0.126 e. The van der Waals surface area contributed by atoms with Crippen molar-refractivity contribution in [3.63, 3.8) is 0 Å². The lowest BCUT2D eigenvalue weighted by molar-refractivity contribution is 0.182. The first-order valence-corrected chi connectivity index (χ1v) is 8.15. The van der Waals surface area contributed by atoms with Crippen LogP contribution in [0.3, 0.4) is 0 Å². The number of fused-ring (bicyclic) bond motifs is 1. The molecule has 0 bridgehead atoms. The predicted molar refractivity (Wildman–Crippen MR) is 88.9 cm³/mol. The van der Waals surface area contributed by atoms with Crippen LogP contribution in [-0.2, 0) is 0 Å². The fourth-order valence-corrected chi connectivity index (χ4v) is 4.04. The molecule has 1 aliphatic rings. The van der Waals surface area contributed by atoms with Gasteiger partial charge in [0.15, 0.2) is 0 Å². The second kappa shape index (κ2) is 5.26. The average molecular weight is 315 g/mol. The SMILES string of the molecule is Nc1cc(N[C@@H]2CC[C@@H](O)C2)c2sc(-c3ccn[nH]3)cc2n1. The molecule has 1 aliphatic carbocycles. The van der Waals surface area contributed by atoms with Crippen LogP contribution >= 0.6 is 11.3 Å². The van der Waals surface area contributed by atoms with Crippen LogP contribution in [0.4, 0.5) is 11.5 Å². The van der Waals surface area contributed by atoms with Crippen molar-refractivity contribution in [1.29, 1.82) is 0 Å². The number of aliphatic hydroxyl groups is 1. The van der Waals surface area contributed by atoms with E-state index in [2.05, 4.69) is 20.5 Å². The minimum absolute atomic E-state index is 0.198. The Hall–Kier alpha value is -2.12. The number of anilines is 2. The highest BCUT2D eigenvalue weighted by Crippen LogP contribution is 2.38. The van der Waals surface area contributed by atoms with Crippen molar-refractivity contribution in [3.8, 4) is 10.6 Å². The zero-order valence-electron chi connectivity index (χ0n) is 11.9. The van der Waals surface area contributed by atoms with E-state index in [0.29, 0.717) is 5.82 Å². The molecule has 114 valence electrons. The van der Waals surface area contributed by atoms with Gasteiger partial charge in [-0.3, -0.25) is 5.10 Å². The number of hydrogen-bond acceptors (Lipinski definition) is 6. The molecule has 22 heavy (non-hydrogen) atoms.